The Hall–Kier alpha value is -1.39. The smallest absolute Gasteiger partial charge is 0.253 e. The van der Waals surface area contributed by atoms with Crippen LogP contribution in [0.25, 0.3) is 0 Å². The lowest BCUT2D eigenvalue weighted by atomic mass is 10.0. The molecule has 2 heterocycles. The summed E-state index contributed by atoms with van der Waals surface area (Å²) in [7, 11) is 1.77. The van der Waals surface area contributed by atoms with Gasteiger partial charge < -0.3 is 25.0 Å². The van der Waals surface area contributed by atoms with Gasteiger partial charge in [0, 0.05) is 65.2 Å². The Morgan fingerprint density at radius 1 is 1.19 bits per heavy atom. The minimum absolute atomic E-state index is 0. The van der Waals surface area contributed by atoms with Crippen LogP contribution < -0.4 is 10.6 Å². The molecule has 8 heteroatoms. The van der Waals surface area contributed by atoms with E-state index in [1.54, 1.807) is 7.05 Å². The first kappa shape index (κ1) is 26.9. The van der Waals surface area contributed by atoms with Crippen LogP contribution >= 0.6 is 24.0 Å². The van der Waals surface area contributed by atoms with Gasteiger partial charge in [0.05, 0.1) is 0 Å². The molecule has 7 nitrogen and oxygen atoms in total. The Labute approximate surface area is 209 Å². The van der Waals surface area contributed by atoms with Gasteiger partial charge >= 0.3 is 0 Å². The maximum atomic E-state index is 12.7. The van der Waals surface area contributed by atoms with Gasteiger partial charge in [-0.05, 0) is 62.1 Å². The van der Waals surface area contributed by atoms with Crippen molar-refractivity contribution < 1.29 is 14.3 Å². The molecule has 2 fully saturated rings. The third kappa shape index (κ3) is 9.23. The fraction of sp³-hybridized carbons (Fsp3) is 0.667. The lowest BCUT2D eigenvalue weighted by Crippen LogP contribution is -2.38. The molecule has 0 bridgehead atoms. The van der Waals surface area contributed by atoms with Gasteiger partial charge in [-0.25, -0.2) is 0 Å². The second-order valence-corrected chi connectivity index (χ2v) is 8.39. The van der Waals surface area contributed by atoms with Gasteiger partial charge in [-0.3, -0.25) is 9.79 Å². The van der Waals surface area contributed by atoms with Crippen LogP contribution in [0.15, 0.2) is 29.3 Å². The summed E-state index contributed by atoms with van der Waals surface area (Å²) in [5.41, 5.74) is 1.84. The standard InChI is InChI=1S/C24H38N4O3.HI/c1-25-24(26-11-6-14-31-19-20-9-15-30-16-10-20)27-18-21-7-5-8-22(17-21)23(29)28-12-3-2-4-13-28;/h5,7-8,17,20H,2-4,6,9-16,18-19H2,1H3,(H2,25,26,27);1H. The van der Waals surface area contributed by atoms with Crippen LogP contribution in [0.4, 0.5) is 0 Å². The fourth-order valence-electron chi connectivity index (χ4n) is 4.04. The number of likely N-dealkylation sites (tertiary alicyclic amines) is 1. The molecule has 0 spiro atoms. The van der Waals surface area contributed by atoms with E-state index in [4.69, 9.17) is 9.47 Å². The number of ether oxygens (including phenoxy) is 2. The van der Waals surface area contributed by atoms with Gasteiger partial charge in [-0.15, -0.1) is 24.0 Å². The molecule has 2 saturated heterocycles. The highest BCUT2D eigenvalue weighted by molar-refractivity contribution is 14.0. The molecule has 0 unspecified atom stereocenters. The van der Waals surface area contributed by atoms with Crippen molar-refractivity contribution in [2.24, 2.45) is 10.9 Å². The van der Waals surface area contributed by atoms with Gasteiger partial charge in [0.15, 0.2) is 5.96 Å². The Morgan fingerprint density at radius 2 is 1.97 bits per heavy atom. The van der Waals surface area contributed by atoms with Crippen LogP contribution in [-0.2, 0) is 16.0 Å². The van der Waals surface area contributed by atoms with Crippen molar-refractivity contribution in [2.75, 3.05) is 53.1 Å². The molecule has 2 aliphatic rings. The van der Waals surface area contributed by atoms with E-state index in [1.165, 1.54) is 6.42 Å². The summed E-state index contributed by atoms with van der Waals surface area (Å²) in [4.78, 5) is 19.0. The highest BCUT2D eigenvalue weighted by Crippen LogP contribution is 2.15. The molecular formula is C24H39IN4O3. The third-order valence-corrected chi connectivity index (χ3v) is 5.95. The first-order valence-corrected chi connectivity index (χ1v) is 11.7. The molecule has 0 aliphatic carbocycles. The van der Waals surface area contributed by atoms with Gasteiger partial charge in [0.2, 0.25) is 0 Å². The van der Waals surface area contributed by atoms with E-state index in [0.29, 0.717) is 12.5 Å². The fourth-order valence-corrected chi connectivity index (χ4v) is 4.04. The van der Waals surface area contributed by atoms with Crippen molar-refractivity contribution in [3.8, 4) is 0 Å². The number of aliphatic imine (C=N–C) groups is 1. The molecule has 0 saturated carbocycles. The second kappa shape index (κ2) is 15.4. The van der Waals surface area contributed by atoms with Crippen molar-refractivity contribution in [3.05, 3.63) is 35.4 Å². The number of guanidine groups is 1. The summed E-state index contributed by atoms with van der Waals surface area (Å²) in [6.45, 7) is 6.50. The first-order valence-electron chi connectivity index (χ1n) is 11.7. The van der Waals surface area contributed by atoms with Crippen molar-refractivity contribution in [1.29, 1.82) is 0 Å². The van der Waals surface area contributed by atoms with Crippen LogP contribution in [0.2, 0.25) is 0 Å². The average Bonchev–Trinajstić information content (AvgIpc) is 2.84. The number of piperidine rings is 1. The van der Waals surface area contributed by atoms with Gasteiger partial charge in [0.1, 0.15) is 0 Å². The van der Waals surface area contributed by atoms with E-state index < -0.39 is 0 Å². The maximum absolute atomic E-state index is 12.7. The Morgan fingerprint density at radius 3 is 2.72 bits per heavy atom. The number of benzene rings is 1. The largest absolute Gasteiger partial charge is 0.381 e. The SMILES string of the molecule is CN=C(NCCCOCC1CCOCC1)NCc1cccc(C(=O)N2CCCCC2)c1.I. The molecule has 0 atom stereocenters. The average molecular weight is 559 g/mol. The molecule has 1 aromatic carbocycles. The zero-order valence-electron chi connectivity index (χ0n) is 19.3. The van der Waals surface area contributed by atoms with E-state index >= 15 is 0 Å². The second-order valence-electron chi connectivity index (χ2n) is 8.39. The van der Waals surface area contributed by atoms with Crippen LogP contribution in [0.3, 0.4) is 0 Å². The molecule has 2 N–H and O–H groups in total. The molecule has 1 aromatic rings. The molecule has 1 amide bonds. The molecular weight excluding hydrogens is 519 g/mol. The predicted octanol–water partition coefficient (Wildman–Crippen LogP) is 3.43. The Bertz CT molecular complexity index is 704. The molecule has 32 heavy (non-hydrogen) atoms. The van der Waals surface area contributed by atoms with Crippen molar-refractivity contribution in [1.82, 2.24) is 15.5 Å². The summed E-state index contributed by atoms with van der Waals surface area (Å²) in [6, 6.07) is 7.90. The number of carbonyl (C=O) groups excluding carboxylic acids is 1. The Balaban J connectivity index is 0.00000363. The van der Waals surface area contributed by atoms with Gasteiger partial charge in [0.25, 0.3) is 5.91 Å². The number of carbonyl (C=O) groups is 1. The Kier molecular flexibility index (Phi) is 13.0. The topological polar surface area (TPSA) is 75.2 Å². The normalized spacial score (nSPS) is 17.5. The summed E-state index contributed by atoms with van der Waals surface area (Å²) in [5, 5.41) is 6.66. The quantitative estimate of drug-likeness (QED) is 0.210. The number of amides is 1. The zero-order valence-corrected chi connectivity index (χ0v) is 21.6. The summed E-state index contributed by atoms with van der Waals surface area (Å²) in [5.74, 6) is 1.55. The predicted molar refractivity (Wildman–Crippen MR) is 139 cm³/mol. The van der Waals surface area contributed by atoms with Crippen LogP contribution in [-0.4, -0.2) is 69.9 Å². The molecule has 0 aromatic heterocycles. The maximum Gasteiger partial charge on any atom is 0.253 e. The highest BCUT2D eigenvalue weighted by atomic mass is 127. The summed E-state index contributed by atoms with van der Waals surface area (Å²) in [6.07, 6.45) is 6.59. The van der Waals surface area contributed by atoms with Gasteiger partial charge in [-0.2, -0.15) is 0 Å². The van der Waals surface area contributed by atoms with Crippen molar-refractivity contribution >= 4 is 35.8 Å². The highest BCUT2D eigenvalue weighted by Gasteiger charge is 2.18. The van der Waals surface area contributed by atoms with Crippen LogP contribution in [0, 0.1) is 5.92 Å². The first-order chi connectivity index (χ1) is 15.3. The lowest BCUT2D eigenvalue weighted by molar-refractivity contribution is 0.0203. The number of nitrogens with zero attached hydrogens (tertiary/aromatic N) is 2. The van der Waals surface area contributed by atoms with E-state index in [0.717, 1.165) is 95.3 Å². The number of rotatable bonds is 9. The number of hydrogen-bond donors (Lipinski definition) is 2. The number of hydrogen-bond acceptors (Lipinski definition) is 4. The summed E-state index contributed by atoms with van der Waals surface area (Å²) < 4.78 is 11.2. The minimum Gasteiger partial charge on any atom is -0.381 e. The van der Waals surface area contributed by atoms with Crippen molar-refractivity contribution in [2.45, 2.75) is 45.1 Å². The minimum atomic E-state index is 0. The van der Waals surface area contributed by atoms with E-state index in [1.807, 2.05) is 29.2 Å². The number of halogens is 1. The van der Waals surface area contributed by atoms with Gasteiger partial charge in [-0.1, -0.05) is 12.1 Å². The van der Waals surface area contributed by atoms with Crippen molar-refractivity contribution in [3.63, 3.8) is 0 Å². The zero-order chi connectivity index (χ0) is 21.7. The monoisotopic (exact) mass is 558 g/mol. The summed E-state index contributed by atoms with van der Waals surface area (Å²) >= 11 is 0. The molecule has 3 rings (SSSR count). The number of nitrogens with one attached hydrogen (secondary N) is 2. The van der Waals surface area contributed by atoms with E-state index in [-0.39, 0.29) is 29.9 Å². The molecule has 0 radical (unpaired) electrons. The lowest BCUT2D eigenvalue weighted by Gasteiger charge is -2.26. The molecule has 2 aliphatic heterocycles. The van der Waals surface area contributed by atoms with E-state index in [9.17, 15) is 4.79 Å². The van der Waals surface area contributed by atoms with E-state index in [2.05, 4.69) is 15.6 Å². The molecule has 180 valence electrons. The van der Waals surface area contributed by atoms with Crippen LogP contribution in [0.1, 0.15) is 54.4 Å². The third-order valence-electron chi connectivity index (χ3n) is 5.95. The van der Waals surface area contributed by atoms with Crippen LogP contribution in [0.5, 0.6) is 0 Å².